The molecule has 1 saturated carbocycles. The van der Waals surface area contributed by atoms with Crippen LogP contribution in [0.3, 0.4) is 0 Å². The van der Waals surface area contributed by atoms with Gasteiger partial charge in [0.1, 0.15) is 0 Å². The molecule has 0 saturated heterocycles. The molecule has 1 fully saturated rings. The zero-order chi connectivity index (χ0) is 12.2. The lowest BCUT2D eigenvalue weighted by Gasteiger charge is -2.51. The molecule has 16 heavy (non-hydrogen) atoms. The molecule has 0 aromatic heterocycles. The molecule has 1 unspecified atom stereocenters. The minimum atomic E-state index is 0.158. The molecule has 1 aliphatic rings. The molecule has 0 bridgehead atoms. The van der Waals surface area contributed by atoms with E-state index in [-0.39, 0.29) is 12.1 Å². The summed E-state index contributed by atoms with van der Waals surface area (Å²) in [5.74, 6) is 1.59. The van der Waals surface area contributed by atoms with Crippen LogP contribution in [0.4, 0.5) is 0 Å². The van der Waals surface area contributed by atoms with Crippen molar-refractivity contribution in [2.45, 2.75) is 58.0 Å². The Kier molecular flexibility index (Phi) is 5.22. The maximum absolute atomic E-state index is 9.00. The van der Waals surface area contributed by atoms with Crippen molar-refractivity contribution in [1.29, 1.82) is 0 Å². The van der Waals surface area contributed by atoms with Gasteiger partial charge in [0.05, 0.1) is 0 Å². The fourth-order valence-corrected chi connectivity index (χ4v) is 2.73. The van der Waals surface area contributed by atoms with E-state index in [1.54, 1.807) is 0 Å². The van der Waals surface area contributed by atoms with E-state index >= 15 is 0 Å². The Bertz CT molecular complexity index is 200. The molecule has 1 rings (SSSR count). The van der Waals surface area contributed by atoms with Crippen LogP contribution in [0.5, 0.6) is 0 Å². The molecule has 0 aromatic rings. The maximum atomic E-state index is 9.00. The van der Waals surface area contributed by atoms with E-state index in [1.165, 1.54) is 12.8 Å². The first kappa shape index (κ1) is 13.9. The van der Waals surface area contributed by atoms with Gasteiger partial charge in [-0.05, 0) is 37.5 Å². The third-order valence-corrected chi connectivity index (χ3v) is 4.12. The first-order valence-electron chi connectivity index (χ1n) is 6.65. The molecule has 3 nitrogen and oxygen atoms in total. The quantitative estimate of drug-likeness (QED) is 0.619. The van der Waals surface area contributed by atoms with Gasteiger partial charge in [-0.25, -0.2) is 0 Å². The van der Waals surface area contributed by atoms with E-state index in [4.69, 9.17) is 10.8 Å². The number of hydrogen-bond acceptors (Lipinski definition) is 3. The van der Waals surface area contributed by atoms with Crippen LogP contribution in [0.2, 0.25) is 0 Å². The molecular weight excluding hydrogens is 200 g/mol. The fourth-order valence-electron chi connectivity index (χ4n) is 2.73. The third kappa shape index (κ3) is 3.19. The lowest BCUT2D eigenvalue weighted by molar-refractivity contribution is 0.0610. The van der Waals surface area contributed by atoms with Crippen LogP contribution >= 0.6 is 0 Å². The van der Waals surface area contributed by atoms with Gasteiger partial charge in [-0.2, -0.15) is 0 Å². The van der Waals surface area contributed by atoms with Gasteiger partial charge in [-0.15, -0.1) is 0 Å². The minimum absolute atomic E-state index is 0.158. The molecule has 0 spiro atoms. The van der Waals surface area contributed by atoms with Gasteiger partial charge in [0.2, 0.25) is 0 Å². The molecule has 0 heterocycles. The van der Waals surface area contributed by atoms with Crippen LogP contribution in [0.15, 0.2) is 0 Å². The van der Waals surface area contributed by atoms with Crippen molar-refractivity contribution in [3.05, 3.63) is 0 Å². The summed E-state index contributed by atoms with van der Waals surface area (Å²) in [5.41, 5.74) is 6.06. The summed E-state index contributed by atoms with van der Waals surface area (Å²) in [4.78, 5) is 0. The molecular formula is C13H28N2O. The van der Waals surface area contributed by atoms with Crippen LogP contribution in [0.25, 0.3) is 0 Å². The second-order valence-corrected chi connectivity index (χ2v) is 5.66. The molecule has 0 aromatic carbocycles. The number of aliphatic hydroxyl groups excluding tert-OH is 1. The average Bonchev–Trinajstić information content (AvgIpc) is 2.20. The number of aliphatic hydroxyl groups is 1. The molecule has 0 aliphatic heterocycles. The highest BCUT2D eigenvalue weighted by Gasteiger charge is 2.44. The van der Waals surface area contributed by atoms with Crippen LogP contribution in [0.1, 0.15) is 46.5 Å². The summed E-state index contributed by atoms with van der Waals surface area (Å²) in [5, 5.41) is 12.7. The van der Waals surface area contributed by atoms with Gasteiger partial charge in [-0.1, -0.05) is 20.8 Å². The van der Waals surface area contributed by atoms with Gasteiger partial charge in [0, 0.05) is 24.7 Å². The highest BCUT2D eigenvalue weighted by atomic mass is 16.3. The average molecular weight is 228 g/mol. The Morgan fingerprint density at radius 3 is 2.44 bits per heavy atom. The predicted octanol–water partition coefficient (Wildman–Crippen LogP) is 1.50. The largest absolute Gasteiger partial charge is 0.396 e. The van der Waals surface area contributed by atoms with Gasteiger partial charge in [0.15, 0.2) is 0 Å². The van der Waals surface area contributed by atoms with Gasteiger partial charge < -0.3 is 16.2 Å². The number of nitrogens with one attached hydrogen (secondary N) is 1. The molecule has 0 amide bonds. The highest BCUT2D eigenvalue weighted by molar-refractivity contribution is 5.03. The monoisotopic (exact) mass is 228 g/mol. The van der Waals surface area contributed by atoms with Crippen molar-refractivity contribution < 1.29 is 5.11 Å². The second-order valence-electron chi connectivity index (χ2n) is 5.66. The zero-order valence-corrected chi connectivity index (χ0v) is 11.0. The number of nitrogens with two attached hydrogens (primary N) is 1. The lowest BCUT2D eigenvalue weighted by atomic mass is 9.63. The summed E-state index contributed by atoms with van der Waals surface area (Å²) in [6, 6.07) is 0.418. The molecule has 3 heteroatoms. The summed E-state index contributed by atoms with van der Waals surface area (Å²) in [6.07, 6.45) is 4.30. The molecule has 0 radical (unpaired) electrons. The Hall–Kier alpha value is -0.120. The van der Waals surface area contributed by atoms with Crippen LogP contribution < -0.4 is 11.1 Å². The van der Waals surface area contributed by atoms with Crippen molar-refractivity contribution in [3.63, 3.8) is 0 Å². The van der Waals surface area contributed by atoms with E-state index in [9.17, 15) is 0 Å². The van der Waals surface area contributed by atoms with E-state index < -0.39 is 0 Å². The van der Waals surface area contributed by atoms with Gasteiger partial charge in [-0.3, -0.25) is 0 Å². The molecule has 96 valence electrons. The van der Waals surface area contributed by atoms with Crippen molar-refractivity contribution >= 4 is 0 Å². The number of hydrogen-bond donors (Lipinski definition) is 3. The lowest BCUT2D eigenvalue weighted by Crippen LogP contribution is -2.63. The summed E-state index contributed by atoms with van der Waals surface area (Å²) < 4.78 is 0. The zero-order valence-electron chi connectivity index (χ0n) is 11.0. The van der Waals surface area contributed by atoms with Crippen molar-refractivity contribution in [2.24, 2.45) is 17.6 Å². The molecule has 1 aliphatic carbocycles. The van der Waals surface area contributed by atoms with E-state index in [0.29, 0.717) is 6.04 Å². The Morgan fingerprint density at radius 1 is 1.44 bits per heavy atom. The second kappa shape index (κ2) is 5.99. The van der Waals surface area contributed by atoms with E-state index in [2.05, 4.69) is 26.1 Å². The highest BCUT2D eigenvalue weighted by Crippen LogP contribution is 2.42. The molecule has 4 N–H and O–H groups in total. The molecule has 1 atom stereocenters. The standard InChI is InChI=1S/C13H28N2O/c1-4-12(5-6-16)15-13(9-14)7-11(8-13)10(2)3/h10-12,15-16H,4-9,14H2,1-3H3. The predicted molar refractivity (Wildman–Crippen MR) is 68.3 cm³/mol. The van der Waals surface area contributed by atoms with E-state index in [0.717, 1.165) is 31.2 Å². The third-order valence-electron chi connectivity index (χ3n) is 4.12. The Morgan fingerprint density at radius 2 is 2.06 bits per heavy atom. The van der Waals surface area contributed by atoms with Crippen molar-refractivity contribution in [2.75, 3.05) is 13.2 Å². The summed E-state index contributed by atoms with van der Waals surface area (Å²) in [6.45, 7) is 7.72. The summed E-state index contributed by atoms with van der Waals surface area (Å²) >= 11 is 0. The van der Waals surface area contributed by atoms with Crippen LogP contribution in [0, 0.1) is 11.8 Å². The Balaban J connectivity index is 2.44. The Labute approximate surface area is 99.8 Å². The topological polar surface area (TPSA) is 58.3 Å². The van der Waals surface area contributed by atoms with Gasteiger partial charge >= 0.3 is 0 Å². The van der Waals surface area contributed by atoms with Crippen LogP contribution in [-0.4, -0.2) is 29.8 Å². The smallest absolute Gasteiger partial charge is 0.0445 e. The normalized spacial score (nSPS) is 31.5. The van der Waals surface area contributed by atoms with E-state index in [1.807, 2.05) is 0 Å². The summed E-state index contributed by atoms with van der Waals surface area (Å²) in [7, 11) is 0. The SMILES string of the molecule is CCC(CCO)NC1(CN)CC(C(C)C)C1. The minimum Gasteiger partial charge on any atom is -0.396 e. The van der Waals surface area contributed by atoms with Crippen molar-refractivity contribution in [3.8, 4) is 0 Å². The van der Waals surface area contributed by atoms with Crippen LogP contribution in [-0.2, 0) is 0 Å². The maximum Gasteiger partial charge on any atom is 0.0445 e. The first-order chi connectivity index (χ1) is 7.56. The number of rotatable bonds is 7. The van der Waals surface area contributed by atoms with Gasteiger partial charge in [0.25, 0.3) is 0 Å². The first-order valence-corrected chi connectivity index (χ1v) is 6.65. The fraction of sp³-hybridized carbons (Fsp3) is 1.00. The van der Waals surface area contributed by atoms with Crippen molar-refractivity contribution in [1.82, 2.24) is 5.32 Å².